The lowest BCUT2D eigenvalue weighted by Gasteiger charge is -2.24. The SMILES string of the molecule is CC(C(=O)NCC(C)(C)C(N)=NO)C1CC1. The number of amidine groups is 1. The summed E-state index contributed by atoms with van der Waals surface area (Å²) in [6, 6.07) is 0. The van der Waals surface area contributed by atoms with Gasteiger partial charge in [-0.1, -0.05) is 25.9 Å². The van der Waals surface area contributed by atoms with E-state index in [1.54, 1.807) is 0 Å². The molecule has 16 heavy (non-hydrogen) atoms. The lowest BCUT2D eigenvalue weighted by Crippen LogP contribution is -2.44. The molecule has 92 valence electrons. The Bertz CT molecular complexity index is 296. The number of nitrogens with zero attached hydrogens (tertiary/aromatic N) is 1. The van der Waals surface area contributed by atoms with Crippen molar-refractivity contribution in [3.05, 3.63) is 0 Å². The Morgan fingerprint density at radius 1 is 1.62 bits per heavy atom. The Morgan fingerprint density at radius 3 is 2.62 bits per heavy atom. The Balaban J connectivity index is 2.41. The Hall–Kier alpha value is -1.26. The highest BCUT2D eigenvalue weighted by atomic mass is 16.4. The van der Waals surface area contributed by atoms with E-state index in [4.69, 9.17) is 10.9 Å². The topological polar surface area (TPSA) is 87.7 Å². The summed E-state index contributed by atoms with van der Waals surface area (Å²) in [4.78, 5) is 11.7. The van der Waals surface area contributed by atoms with Crippen molar-refractivity contribution < 1.29 is 10.0 Å². The number of carbonyl (C=O) groups is 1. The van der Waals surface area contributed by atoms with Crippen molar-refractivity contribution in [2.75, 3.05) is 6.54 Å². The van der Waals surface area contributed by atoms with Gasteiger partial charge in [0.2, 0.25) is 5.91 Å². The first-order chi connectivity index (χ1) is 7.38. The maximum absolute atomic E-state index is 11.7. The van der Waals surface area contributed by atoms with Gasteiger partial charge in [-0.15, -0.1) is 0 Å². The zero-order valence-corrected chi connectivity index (χ0v) is 10.2. The molecule has 0 saturated heterocycles. The Morgan fingerprint density at radius 2 is 2.19 bits per heavy atom. The summed E-state index contributed by atoms with van der Waals surface area (Å²) in [5, 5.41) is 14.4. The highest BCUT2D eigenvalue weighted by Gasteiger charge is 2.33. The number of carbonyl (C=O) groups excluding carboxylic acids is 1. The predicted octanol–water partition coefficient (Wildman–Crippen LogP) is 0.921. The molecule has 1 unspecified atom stereocenters. The number of oxime groups is 1. The van der Waals surface area contributed by atoms with Gasteiger partial charge in [0.05, 0.1) is 0 Å². The molecule has 1 rings (SSSR count). The average Bonchev–Trinajstić information content (AvgIpc) is 3.07. The van der Waals surface area contributed by atoms with Crippen LogP contribution >= 0.6 is 0 Å². The van der Waals surface area contributed by atoms with E-state index in [0.717, 1.165) is 12.8 Å². The van der Waals surface area contributed by atoms with Crippen molar-refractivity contribution >= 4 is 11.7 Å². The fraction of sp³-hybridized carbons (Fsp3) is 0.818. The fourth-order valence-electron chi connectivity index (χ4n) is 1.51. The molecule has 0 aliphatic heterocycles. The van der Waals surface area contributed by atoms with Crippen molar-refractivity contribution in [2.45, 2.75) is 33.6 Å². The first-order valence-electron chi connectivity index (χ1n) is 5.64. The van der Waals surface area contributed by atoms with Crippen LogP contribution in [0.4, 0.5) is 0 Å². The molecule has 5 heteroatoms. The summed E-state index contributed by atoms with van der Waals surface area (Å²) < 4.78 is 0. The molecule has 0 spiro atoms. The maximum atomic E-state index is 11.7. The molecular formula is C11H21N3O2. The van der Waals surface area contributed by atoms with E-state index in [1.807, 2.05) is 20.8 Å². The third kappa shape index (κ3) is 3.12. The molecule has 1 fully saturated rings. The third-order valence-corrected chi connectivity index (χ3v) is 3.25. The first-order valence-corrected chi connectivity index (χ1v) is 5.64. The second-order valence-corrected chi connectivity index (χ2v) is 5.21. The summed E-state index contributed by atoms with van der Waals surface area (Å²) in [6.07, 6.45) is 2.30. The van der Waals surface area contributed by atoms with Gasteiger partial charge in [-0.3, -0.25) is 4.79 Å². The molecular weight excluding hydrogens is 206 g/mol. The number of nitrogens with one attached hydrogen (secondary N) is 1. The van der Waals surface area contributed by atoms with Crippen LogP contribution < -0.4 is 11.1 Å². The zero-order valence-electron chi connectivity index (χ0n) is 10.2. The highest BCUT2D eigenvalue weighted by Crippen LogP contribution is 2.36. The standard InChI is InChI=1S/C11H21N3O2/c1-7(8-4-5-8)9(15)13-6-11(2,3)10(12)14-16/h7-8,16H,4-6H2,1-3H3,(H2,12,14)(H,13,15). The number of rotatable bonds is 5. The summed E-state index contributed by atoms with van der Waals surface area (Å²) in [5.41, 5.74) is 5.01. The molecule has 5 nitrogen and oxygen atoms in total. The smallest absolute Gasteiger partial charge is 0.223 e. The van der Waals surface area contributed by atoms with Gasteiger partial charge in [-0.05, 0) is 18.8 Å². The molecule has 1 aliphatic rings. The molecule has 4 N–H and O–H groups in total. The summed E-state index contributed by atoms with van der Waals surface area (Å²) >= 11 is 0. The number of amides is 1. The molecule has 0 heterocycles. The summed E-state index contributed by atoms with van der Waals surface area (Å²) in [6.45, 7) is 5.98. The van der Waals surface area contributed by atoms with E-state index in [1.165, 1.54) is 0 Å². The van der Waals surface area contributed by atoms with Gasteiger partial charge in [0, 0.05) is 17.9 Å². The minimum Gasteiger partial charge on any atom is -0.409 e. The summed E-state index contributed by atoms with van der Waals surface area (Å²) in [7, 11) is 0. The van der Waals surface area contributed by atoms with Crippen molar-refractivity contribution in [3.8, 4) is 0 Å². The molecule has 0 aromatic heterocycles. The quantitative estimate of drug-likeness (QED) is 0.282. The van der Waals surface area contributed by atoms with E-state index in [-0.39, 0.29) is 17.7 Å². The van der Waals surface area contributed by atoms with E-state index in [2.05, 4.69) is 10.5 Å². The lowest BCUT2D eigenvalue weighted by atomic mass is 9.91. The number of nitrogens with two attached hydrogens (primary N) is 1. The second kappa shape index (κ2) is 4.72. The van der Waals surface area contributed by atoms with Crippen LogP contribution in [0.5, 0.6) is 0 Å². The molecule has 1 aliphatic carbocycles. The molecule has 0 aromatic rings. The predicted molar refractivity (Wildman–Crippen MR) is 62.1 cm³/mol. The maximum Gasteiger partial charge on any atom is 0.223 e. The minimum atomic E-state index is -0.520. The van der Waals surface area contributed by atoms with Crippen LogP contribution in [0.3, 0.4) is 0 Å². The van der Waals surface area contributed by atoms with Crippen LogP contribution in [0.2, 0.25) is 0 Å². The van der Waals surface area contributed by atoms with Crippen molar-refractivity contribution in [3.63, 3.8) is 0 Å². The van der Waals surface area contributed by atoms with Crippen LogP contribution in [0.1, 0.15) is 33.6 Å². The lowest BCUT2D eigenvalue weighted by molar-refractivity contribution is -0.125. The molecule has 1 amide bonds. The monoisotopic (exact) mass is 227 g/mol. The Kier molecular flexibility index (Phi) is 3.78. The van der Waals surface area contributed by atoms with Crippen LogP contribution in [0, 0.1) is 17.3 Å². The van der Waals surface area contributed by atoms with Crippen molar-refractivity contribution in [1.82, 2.24) is 5.32 Å². The van der Waals surface area contributed by atoms with Gasteiger partial charge < -0.3 is 16.3 Å². The normalized spacial score (nSPS) is 19.3. The van der Waals surface area contributed by atoms with E-state index >= 15 is 0 Å². The van der Waals surface area contributed by atoms with Crippen LogP contribution in [0.25, 0.3) is 0 Å². The highest BCUT2D eigenvalue weighted by molar-refractivity contribution is 5.86. The van der Waals surface area contributed by atoms with Gasteiger partial charge in [0.1, 0.15) is 5.84 Å². The zero-order chi connectivity index (χ0) is 12.3. The molecule has 0 aromatic carbocycles. The third-order valence-electron chi connectivity index (χ3n) is 3.25. The minimum absolute atomic E-state index is 0.0568. The molecule has 1 saturated carbocycles. The van der Waals surface area contributed by atoms with Crippen LogP contribution in [0.15, 0.2) is 5.16 Å². The number of hydrogen-bond donors (Lipinski definition) is 3. The van der Waals surface area contributed by atoms with Gasteiger partial charge >= 0.3 is 0 Å². The Labute approximate surface area is 96.1 Å². The van der Waals surface area contributed by atoms with Crippen molar-refractivity contribution in [2.24, 2.45) is 28.1 Å². The van der Waals surface area contributed by atoms with Gasteiger partial charge in [-0.25, -0.2) is 0 Å². The number of hydrogen-bond acceptors (Lipinski definition) is 3. The van der Waals surface area contributed by atoms with Crippen LogP contribution in [-0.2, 0) is 4.79 Å². The molecule has 0 radical (unpaired) electrons. The van der Waals surface area contributed by atoms with E-state index in [9.17, 15) is 4.79 Å². The van der Waals surface area contributed by atoms with Gasteiger partial charge in [0.25, 0.3) is 0 Å². The summed E-state index contributed by atoms with van der Waals surface area (Å²) in [5.74, 6) is 0.809. The largest absolute Gasteiger partial charge is 0.409 e. The molecule has 1 atom stereocenters. The average molecular weight is 227 g/mol. The molecule has 0 bridgehead atoms. The van der Waals surface area contributed by atoms with E-state index < -0.39 is 5.41 Å². The van der Waals surface area contributed by atoms with Gasteiger partial charge in [0.15, 0.2) is 0 Å². The second-order valence-electron chi connectivity index (χ2n) is 5.21. The van der Waals surface area contributed by atoms with Gasteiger partial charge in [-0.2, -0.15) is 0 Å². The van der Waals surface area contributed by atoms with Crippen LogP contribution in [-0.4, -0.2) is 23.5 Å². The first kappa shape index (κ1) is 12.8. The van der Waals surface area contributed by atoms with Crippen molar-refractivity contribution in [1.29, 1.82) is 0 Å². The van der Waals surface area contributed by atoms with E-state index in [0.29, 0.717) is 12.5 Å². The fourth-order valence-corrected chi connectivity index (χ4v) is 1.51.